The maximum Gasteiger partial charge on any atom is 0.319 e. The lowest BCUT2D eigenvalue weighted by atomic mass is 10.6. The van der Waals surface area contributed by atoms with Crippen LogP contribution in [0.2, 0.25) is 0 Å². The van der Waals surface area contributed by atoms with Gasteiger partial charge in [-0.15, -0.1) is 0 Å². The minimum atomic E-state index is -1.01. The van der Waals surface area contributed by atoms with Gasteiger partial charge >= 0.3 is 11.8 Å². The number of hydrogen-bond donors (Lipinski definition) is 3. The lowest BCUT2D eigenvalue weighted by Crippen LogP contribution is -2.31. The summed E-state index contributed by atoms with van der Waals surface area (Å²) in [5.74, 6) is -1.32. The minimum Gasteiger partial charge on any atom is -0.361 e. The van der Waals surface area contributed by atoms with E-state index >= 15 is 0 Å². The molecule has 0 rings (SSSR count). The van der Waals surface area contributed by atoms with E-state index in [9.17, 15) is 14.4 Å². The molecule has 0 fully saturated rings. The van der Waals surface area contributed by atoms with Gasteiger partial charge in [0.15, 0.2) is 0 Å². The maximum absolute atomic E-state index is 10.6. The summed E-state index contributed by atoms with van der Waals surface area (Å²) < 4.78 is 2.22. The largest absolute Gasteiger partial charge is 0.361 e. The highest BCUT2D eigenvalue weighted by atomic mass is 33.1. The molecule has 0 aliphatic heterocycles. The highest BCUT2D eigenvalue weighted by molar-refractivity contribution is 8.76. The standard InChI is InChI=1S/C6H11N3O3S2/c1-4(10)8-2-3-13-14-9-6(12)5(7)11/h2-3H2,1H3,(H2,7,11)(H,8,10)(H,9,12). The van der Waals surface area contributed by atoms with Crippen LogP contribution in [0.1, 0.15) is 6.92 Å². The molecule has 0 spiro atoms. The zero-order chi connectivity index (χ0) is 11.0. The first-order valence-corrected chi connectivity index (χ1v) is 5.98. The van der Waals surface area contributed by atoms with Crippen LogP contribution in [-0.4, -0.2) is 30.0 Å². The van der Waals surface area contributed by atoms with Gasteiger partial charge in [0.1, 0.15) is 0 Å². The molecule has 0 atom stereocenters. The zero-order valence-electron chi connectivity index (χ0n) is 7.53. The maximum atomic E-state index is 10.6. The van der Waals surface area contributed by atoms with E-state index in [-0.39, 0.29) is 5.91 Å². The Labute approximate surface area is 89.3 Å². The molecular weight excluding hydrogens is 226 g/mol. The molecule has 0 radical (unpaired) electrons. The Morgan fingerprint density at radius 3 is 2.50 bits per heavy atom. The summed E-state index contributed by atoms with van der Waals surface area (Å²) >= 11 is 0. The van der Waals surface area contributed by atoms with Crippen molar-refractivity contribution in [3.05, 3.63) is 0 Å². The van der Waals surface area contributed by atoms with Crippen molar-refractivity contribution in [2.24, 2.45) is 5.73 Å². The summed E-state index contributed by atoms with van der Waals surface area (Å²) in [6.45, 7) is 1.94. The highest BCUT2D eigenvalue weighted by Crippen LogP contribution is 2.15. The third-order valence-corrected chi connectivity index (χ3v) is 2.84. The van der Waals surface area contributed by atoms with Gasteiger partial charge in [0.05, 0.1) is 0 Å². The molecule has 0 saturated heterocycles. The van der Waals surface area contributed by atoms with Gasteiger partial charge in [-0.05, 0) is 0 Å². The number of carbonyl (C=O) groups is 3. The lowest BCUT2D eigenvalue weighted by Gasteiger charge is -2.01. The first-order chi connectivity index (χ1) is 6.54. The van der Waals surface area contributed by atoms with Crippen molar-refractivity contribution in [1.82, 2.24) is 10.0 Å². The van der Waals surface area contributed by atoms with E-state index in [2.05, 4.69) is 15.8 Å². The number of amides is 3. The predicted molar refractivity (Wildman–Crippen MR) is 56.1 cm³/mol. The van der Waals surface area contributed by atoms with Gasteiger partial charge in [0.2, 0.25) is 5.91 Å². The van der Waals surface area contributed by atoms with Crippen molar-refractivity contribution in [3.8, 4) is 0 Å². The summed E-state index contributed by atoms with van der Waals surface area (Å²) in [5, 5.41) is 2.58. The van der Waals surface area contributed by atoms with Crippen molar-refractivity contribution < 1.29 is 14.4 Å². The van der Waals surface area contributed by atoms with Crippen LogP contribution >= 0.6 is 21.8 Å². The normalized spacial score (nSPS) is 9.21. The van der Waals surface area contributed by atoms with Crippen LogP contribution in [0.15, 0.2) is 0 Å². The van der Waals surface area contributed by atoms with E-state index in [0.717, 1.165) is 11.0 Å². The molecule has 0 aliphatic rings. The van der Waals surface area contributed by atoms with E-state index in [1.165, 1.54) is 17.7 Å². The quantitative estimate of drug-likeness (QED) is 0.247. The molecule has 80 valence electrons. The summed E-state index contributed by atoms with van der Waals surface area (Å²) in [6, 6.07) is 0. The van der Waals surface area contributed by atoms with Crippen LogP contribution in [0.3, 0.4) is 0 Å². The zero-order valence-corrected chi connectivity index (χ0v) is 9.17. The Balaban J connectivity index is 3.26. The molecule has 14 heavy (non-hydrogen) atoms. The first kappa shape index (κ1) is 13.1. The van der Waals surface area contributed by atoms with Crippen LogP contribution in [0, 0.1) is 0 Å². The smallest absolute Gasteiger partial charge is 0.319 e. The number of nitrogens with two attached hydrogens (primary N) is 1. The fourth-order valence-electron chi connectivity index (χ4n) is 0.428. The van der Waals surface area contributed by atoms with Gasteiger partial charge < -0.3 is 11.1 Å². The van der Waals surface area contributed by atoms with Gasteiger partial charge in [0, 0.05) is 30.2 Å². The molecule has 0 aromatic heterocycles. The van der Waals surface area contributed by atoms with Crippen LogP contribution < -0.4 is 15.8 Å². The highest BCUT2D eigenvalue weighted by Gasteiger charge is 2.06. The van der Waals surface area contributed by atoms with E-state index in [4.69, 9.17) is 0 Å². The van der Waals surface area contributed by atoms with Gasteiger partial charge in [-0.25, -0.2) is 0 Å². The minimum absolute atomic E-state index is 0.100. The SMILES string of the molecule is CC(=O)NCCSSNC(=O)C(N)=O. The molecule has 0 bridgehead atoms. The predicted octanol–water partition coefficient (Wildman–Crippen LogP) is -0.980. The Kier molecular flexibility index (Phi) is 7.03. The number of carbonyl (C=O) groups excluding carboxylic acids is 3. The Bertz CT molecular complexity index is 234. The van der Waals surface area contributed by atoms with Gasteiger partial charge in [-0.1, -0.05) is 10.8 Å². The van der Waals surface area contributed by atoms with Crippen LogP contribution in [-0.2, 0) is 14.4 Å². The third-order valence-electron chi connectivity index (χ3n) is 0.976. The Hall–Kier alpha value is -0.890. The lowest BCUT2D eigenvalue weighted by molar-refractivity contribution is -0.136. The van der Waals surface area contributed by atoms with Gasteiger partial charge in [-0.2, -0.15) is 0 Å². The Morgan fingerprint density at radius 2 is 2.00 bits per heavy atom. The van der Waals surface area contributed by atoms with Crippen molar-refractivity contribution in [2.75, 3.05) is 12.3 Å². The van der Waals surface area contributed by atoms with E-state index in [0.29, 0.717) is 12.3 Å². The van der Waals surface area contributed by atoms with Crippen molar-refractivity contribution >= 4 is 39.5 Å². The summed E-state index contributed by atoms with van der Waals surface area (Å²) in [4.78, 5) is 31.2. The molecule has 0 aliphatic carbocycles. The van der Waals surface area contributed by atoms with E-state index in [1.54, 1.807) is 0 Å². The number of nitrogens with one attached hydrogen (secondary N) is 2. The summed E-state index contributed by atoms with van der Waals surface area (Å²) in [5.41, 5.74) is 4.69. The van der Waals surface area contributed by atoms with E-state index in [1.807, 2.05) is 0 Å². The Morgan fingerprint density at radius 1 is 1.36 bits per heavy atom. The van der Waals surface area contributed by atoms with Gasteiger partial charge in [0.25, 0.3) is 0 Å². The first-order valence-electron chi connectivity index (χ1n) is 3.66. The molecule has 0 saturated carbocycles. The molecule has 3 amide bonds. The average molecular weight is 237 g/mol. The fraction of sp³-hybridized carbons (Fsp3) is 0.500. The fourth-order valence-corrected chi connectivity index (χ4v) is 1.84. The van der Waals surface area contributed by atoms with Crippen LogP contribution in [0.5, 0.6) is 0 Å². The topological polar surface area (TPSA) is 101 Å². The van der Waals surface area contributed by atoms with Crippen molar-refractivity contribution in [3.63, 3.8) is 0 Å². The monoisotopic (exact) mass is 237 g/mol. The average Bonchev–Trinajstić information content (AvgIpc) is 2.09. The van der Waals surface area contributed by atoms with Crippen molar-refractivity contribution in [2.45, 2.75) is 6.92 Å². The van der Waals surface area contributed by atoms with Gasteiger partial charge in [-0.3, -0.25) is 19.1 Å². The van der Waals surface area contributed by atoms with Crippen molar-refractivity contribution in [1.29, 1.82) is 0 Å². The molecule has 0 unspecified atom stereocenters. The third kappa shape index (κ3) is 7.74. The molecule has 0 aromatic carbocycles. The molecular formula is C6H11N3O3S2. The second kappa shape index (κ2) is 7.51. The molecule has 0 heterocycles. The summed E-state index contributed by atoms with van der Waals surface area (Å²) in [7, 11) is 2.31. The number of primary amides is 1. The van der Waals surface area contributed by atoms with E-state index < -0.39 is 11.8 Å². The molecule has 4 N–H and O–H groups in total. The van der Waals surface area contributed by atoms with Crippen LogP contribution in [0.25, 0.3) is 0 Å². The second-order valence-electron chi connectivity index (χ2n) is 2.18. The van der Waals surface area contributed by atoms with Crippen LogP contribution in [0.4, 0.5) is 0 Å². The molecule has 0 aromatic rings. The molecule has 8 heteroatoms. The summed E-state index contributed by atoms with van der Waals surface area (Å²) in [6.07, 6.45) is 0. The number of rotatable bonds is 5. The number of hydrogen-bond acceptors (Lipinski definition) is 5. The molecule has 6 nitrogen and oxygen atoms in total. The second-order valence-corrected chi connectivity index (χ2v) is 4.41.